The smallest absolute Gasteiger partial charge is 0.306 e. The highest BCUT2D eigenvalue weighted by Crippen LogP contribution is 2.58. The number of likely N-dealkylation sites (tertiary alicyclic amines) is 1. The molecular weight excluding hydrogens is 654 g/mol. The maximum Gasteiger partial charge on any atom is 0.306 e. The number of esters is 1. The van der Waals surface area contributed by atoms with Gasteiger partial charge in [0.1, 0.15) is 24.4 Å². The van der Waals surface area contributed by atoms with E-state index in [4.69, 9.17) is 9.47 Å². The third kappa shape index (κ3) is 6.15. The van der Waals surface area contributed by atoms with E-state index >= 15 is 0 Å². The molecular formula is C35H38BrN3O7. The van der Waals surface area contributed by atoms with Crippen molar-refractivity contribution in [3.63, 3.8) is 0 Å². The molecule has 1 spiro atoms. The number of benzene rings is 2. The number of aliphatic hydroxyl groups excluding tert-OH is 1. The van der Waals surface area contributed by atoms with Crippen LogP contribution in [0.1, 0.15) is 42.9 Å². The molecule has 2 saturated heterocycles. The van der Waals surface area contributed by atoms with Gasteiger partial charge in [0, 0.05) is 37.1 Å². The van der Waals surface area contributed by atoms with Gasteiger partial charge < -0.3 is 29.7 Å². The molecule has 242 valence electrons. The summed E-state index contributed by atoms with van der Waals surface area (Å²) in [6, 6.07) is 17.2. The van der Waals surface area contributed by atoms with E-state index in [2.05, 4.69) is 21.2 Å². The van der Waals surface area contributed by atoms with Crippen LogP contribution in [-0.4, -0.2) is 82.6 Å². The molecule has 4 heterocycles. The second-order valence-electron chi connectivity index (χ2n) is 12.2. The molecule has 0 aliphatic carbocycles. The lowest BCUT2D eigenvalue weighted by atomic mass is 9.74. The Bertz CT molecular complexity index is 1520. The standard InChI is InChI=1S/C35H38BrN3O7/c36-25-20-35-29-28(30(25)46-35)32(42)37-26(24-14-6-2-7-15-24)22-45-27(41)16-8-3-9-17-38(21-23-12-4-1-5-13-23)34(44)31(35)39(33(29)43)18-10-11-19-40/h1-7,9,12-15,20,26,28-31,40H,8,10-11,16-19,21-22H2,(H,37,42)/b9-3-/t26-,28-,29+,30-,31-,35+/m0/s1. The zero-order valence-electron chi connectivity index (χ0n) is 25.4. The summed E-state index contributed by atoms with van der Waals surface area (Å²) in [5, 5.41) is 12.5. The summed E-state index contributed by atoms with van der Waals surface area (Å²) in [5.74, 6) is -3.31. The lowest BCUT2D eigenvalue weighted by molar-refractivity contribution is -0.148. The number of rotatable bonds is 7. The van der Waals surface area contributed by atoms with Gasteiger partial charge in [-0.3, -0.25) is 19.2 Å². The van der Waals surface area contributed by atoms with Crippen LogP contribution >= 0.6 is 15.9 Å². The van der Waals surface area contributed by atoms with E-state index in [-0.39, 0.29) is 44.5 Å². The van der Waals surface area contributed by atoms with E-state index in [9.17, 15) is 24.3 Å². The molecule has 2 aromatic rings. The molecule has 4 aliphatic rings. The highest BCUT2D eigenvalue weighted by atomic mass is 79.9. The van der Waals surface area contributed by atoms with Crippen molar-refractivity contribution in [1.29, 1.82) is 0 Å². The normalized spacial score (nSPS) is 30.6. The highest BCUT2D eigenvalue weighted by molar-refractivity contribution is 9.11. The average Bonchev–Trinajstić information content (AvgIpc) is 3.65. The number of ether oxygens (including phenoxy) is 2. The lowest BCUT2D eigenvalue weighted by Crippen LogP contribution is -2.55. The second-order valence-corrected chi connectivity index (χ2v) is 13.1. The average molecular weight is 693 g/mol. The Hall–Kier alpha value is -3.80. The summed E-state index contributed by atoms with van der Waals surface area (Å²) in [6.07, 6.45) is 6.26. The number of fused-ring (bicyclic) bond motifs is 2. The van der Waals surface area contributed by atoms with Crippen molar-refractivity contribution in [2.24, 2.45) is 11.8 Å². The van der Waals surface area contributed by atoms with Crippen molar-refractivity contribution in [1.82, 2.24) is 15.1 Å². The Kier molecular flexibility index (Phi) is 9.72. The molecule has 6 rings (SSSR count). The lowest BCUT2D eigenvalue weighted by Gasteiger charge is -2.36. The van der Waals surface area contributed by atoms with Crippen LogP contribution < -0.4 is 5.32 Å². The number of allylic oxidation sites excluding steroid dienone is 1. The van der Waals surface area contributed by atoms with Crippen molar-refractivity contribution in [2.45, 2.75) is 56.0 Å². The second kappa shape index (κ2) is 13.9. The first-order valence-electron chi connectivity index (χ1n) is 15.8. The quantitative estimate of drug-likeness (QED) is 0.259. The number of nitrogens with zero attached hydrogens (tertiary/aromatic N) is 2. The number of amides is 3. The largest absolute Gasteiger partial charge is 0.463 e. The molecule has 0 radical (unpaired) electrons. The zero-order valence-corrected chi connectivity index (χ0v) is 27.0. The Morgan fingerprint density at radius 1 is 0.957 bits per heavy atom. The number of carbonyl (C=O) groups is 4. The summed E-state index contributed by atoms with van der Waals surface area (Å²) in [6.45, 7) is 0.655. The first-order chi connectivity index (χ1) is 22.3. The number of hydrogen-bond donors (Lipinski definition) is 2. The van der Waals surface area contributed by atoms with E-state index in [0.29, 0.717) is 30.3 Å². The van der Waals surface area contributed by atoms with E-state index < -0.39 is 47.5 Å². The molecule has 6 atom stereocenters. The van der Waals surface area contributed by atoms with Crippen molar-refractivity contribution in [2.75, 3.05) is 26.3 Å². The van der Waals surface area contributed by atoms with Gasteiger partial charge in [-0.05, 0) is 36.5 Å². The van der Waals surface area contributed by atoms with E-state index in [0.717, 1.165) is 11.1 Å². The van der Waals surface area contributed by atoms with Crippen LogP contribution in [0.25, 0.3) is 0 Å². The molecule has 0 unspecified atom stereocenters. The fourth-order valence-corrected chi connectivity index (χ4v) is 7.82. The van der Waals surface area contributed by atoms with Gasteiger partial charge >= 0.3 is 5.97 Å². The van der Waals surface area contributed by atoms with Gasteiger partial charge in [-0.2, -0.15) is 0 Å². The number of nitrogens with one attached hydrogen (secondary N) is 1. The van der Waals surface area contributed by atoms with Gasteiger partial charge in [-0.25, -0.2) is 0 Å². The number of aliphatic hydroxyl groups is 1. The van der Waals surface area contributed by atoms with Gasteiger partial charge in [0.15, 0.2) is 0 Å². The molecule has 4 aliphatic heterocycles. The molecule has 0 aromatic heterocycles. The minimum absolute atomic E-state index is 0.0410. The predicted molar refractivity (Wildman–Crippen MR) is 172 cm³/mol. The summed E-state index contributed by atoms with van der Waals surface area (Å²) >= 11 is 3.61. The molecule has 2 aromatic carbocycles. The minimum Gasteiger partial charge on any atom is -0.463 e. The topological polar surface area (TPSA) is 125 Å². The van der Waals surface area contributed by atoms with Gasteiger partial charge in [-0.1, -0.05) is 88.7 Å². The van der Waals surface area contributed by atoms with E-state index in [1.165, 1.54) is 0 Å². The SMILES string of the molecule is O=C1CC/C=C\CN(Cc2ccccc2)C(=O)[C@@H]2N(CCCCO)C(=O)[C@H]3[C@H](C(=O)N[C@H](c4ccccc4)CO1)[C@H]1O[C@@]23C=C1Br. The maximum atomic E-state index is 14.7. The van der Waals surface area contributed by atoms with Crippen LogP contribution in [0.15, 0.2) is 83.4 Å². The fraction of sp³-hybridized carbons (Fsp3) is 0.429. The van der Waals surface area contributed by atoms with Crippen molar-refractivity contribution < 1.29 is 33.8 Å². The first kappa shape index (κ1) is 32.2. The van der Waals surface area contributed by atoms with E-state index in [1.807, 2.05) is 72.8 Å². The predicted octanol–water partition coefficient (Wildman–Crippen LogP) is 3.41. The molecule has 46 heavy (non-hydrogen) atoms. The van der Waals surface area contributed by atoms with Crippen molar-refractivity contribution in [3.8, 4) is 0 Å². The van der Waals surface area contributed by atoms with E-state index in [1.54, 1.807) is 15.9 Å². The van der Waals surface area contributed by atoms with Crippen LogP contribution in [0, 0.1) is 11.8 Å². The van der Waals surface area contributed by atoms with Crippen LogP contribution in [-0.2, 0) is 35.2 Å². The Morgan fingerprint density at radius 2 is 1.70 bits per heavy atom. The molecule has 2 fully saturated rings. The molecule has 3 amide bonds. The van der Waals surface area contributed by atoms with Gasteiger partial charge in [0.2, 0.25) is 17.7 Å². The van der Waals surface area contributed by atoms with Crippen LogP contribution in [0.2, 0.25) is 0 Å². The number of carbonyl (C=O) groups excluding carboxylic acids is 4. The van der Waals surface area contributed by atoms with Crippen molar-refractivity contribution >= 4 is 39.6 Å². The molecule has 10 nitrogen and oxygen atoms in total. The van der Waals surface area contributed by atoms with Gasteiger partial charge in [-0.15, -0.1) is 0 Å². The van der Waals surface area contributed by atoms with Crippen LogP contribution in [0.3, 0.4) is 0 Å². The van der Waals surface area contributed by atoms with Crippen LogP contribution in [0.4, 0.5) is 0 Å². The molecule has 5 bridgehead atoms. The Balaban J connectivity index is 1.41. The zero-order chi connectivity index (χ0) is 32.3. The minimum atomic E-state index is -1.36. The molecule has 2 N–H and O–H groups in total. The van der Waals surface area contributed by atoms with Crippen LogP contribution in [0.5, 0.6) is 0 Å². The monoisotopic (exact) mass is 691 g/mol. The third-order valence-electron chi connectivity index (χ3n) is 9.23. The fourth-order valence-electron chi connectivity index (χ4n) is 7.08. The summed E-state index contributed by atoms with van der Waals surface area (Å²) in [7, 11) is 0. The summed E-state index contributed by atoms with van der Waals surface area (Å²) in [4.78, 5) is 59.3. The molecule has 0 saturated carbocycles. The number of halogens is 1. The van der Waals surface area contributed by atoms with Gasteiger partial charge in [0.25, 0.3) is 0 Å². The highest BCUT2D eigenvalue weighted by Gasteiger charge is 2.74. The summed E-state index contributed by atoms with van der Waals surface area (Å²) < 4.78 is 12.8. The number of cyclic esters (lactones) is 1. The maximum absolute atomic E-state index is 14.7. The number of hydrogen-bond acceptors (Lipinski definition) is 7. The van der Waals surface area contributed by atoms with Gasteiger partial charge in [0.05, 0.1) is 17.9 Å². The molecule has 11 heteroatoms. The Morgan fingerprint density at radius 3 is 2.43 bits per heavy atom. The third-order valence-corrected chi connectivity index (χ3v) is 9.91. The summed E-state index contributed by atoms with van der Waals surface area (Å²) in [5.41, 5.74) is 0.310. The number of unbranched alkanes of at least 4 members (excludes halogenated alkanes) is 1. The van der Waals surface area contributed by atoms with Crippen molar-refractivity contribution in [3.05, 3.63) is 94.5 Å². The Labute approximate surface area is 276 Å². The first-order valence-corrected chi connectivity index (χ1v) is 16.6.